The van der Waals surface area contributed by atoms with Gasteiger partial charge in [0.1, 0.15) is 5.78 Å². The second-order valence-corrected chi connectivity index (χ2v) is 4.13. The van der Waals surface area contributed by atoms with Crippen molar-refractivity contribution >= 4 is 5.78 Å². The third-order valence-corrected chi connectivity index (χ3v) is 2.69. The predicted molar refractivity (Wildman–Crippen MR) is 50.1 cm³/mol. The lowest BCUT2D eigenvalue weighted by Crippen LogP contribution is -2.34. The summed E-state index contributed by atoms with van der Waals surface area (Å²) >= 11 is 0. The van der Waals surface area contributed by atoms with Crippen molar-refractivity contribution in [2.45, 2.75) is 26.7 Å². The molecule has 0 spiro atoms. The fourth-order valence-electron chi connectivity index (χ4n) is 1.76. The highest BCUT2D eigenvalue weighted by Gasteiger charge is 2.24. The molecular formula is C10H19NO. The van der Waals surface area contributed by atoms with Gasteiger partial charge < -0.3 is 4.90 Å². The Morgan fingerprint density at radius 3 is 2.25 bits per heavy atom. The summed E-state index contributed by atoms with van der Waals surface area (Å²) in [7, 11) is 2.12. The van der Waals surface area contributed by atoms with Crippen molar-refractivity contribution in [3.05, 3.63) is 0 Å². The molecule has 1 aliphatic heterocycles. The number of Topliss-reactive ketones (excluding diaryl/α,β-unsaturated/α-hetero) is 1. The zero-order valence-corrected chi connectivity index (χ0v) is 8.34. The Kier molecular flexibility index (Phi) is 3.27. The van der Waals surface area contributed by atoms with Crippen LogP contribution in [0.1, 0.15) is 26.7 Å². The largest absolute Gasteiger partial charge is 0.306 e. The summed E-state index contributed by atoms with van der Waals surface area (Å²) in [5.74, 6) is 1.03. The molecule has 1 saturated heterocycles. The van der Waals surface area contributed by atoms with Crippen LogP contribution in [0.5, 0.6) is 0 Å². The van der Waals surface area contributed by atoms with E-state index in [1.807, 2.05) is 13.8 Å². The lowest BCUT2D eigenvalue weighted by atomic mass is 9.87. The average Bonchev–Trinajstić information content (AvgIpc) is 2.04. The summed E-state index contributed by atoms with van der Waals surface area (Å²) in [5, 5.41) is 0. The van der Waals surface area contributed by atoms with E-state index < -0.39 is 0 Å². The van der Waals surface area contributed by atoms with Crippen LogP contribution in [0.25, 0.3) is 0 Å². The number of hydrogen-bond donors (Lipinski definition) is 0. The van der Waals surface area contributed by atoms with Crippen LogP contribution in [0.15, 0.2) is 0 Å². The number of nitrogens with zero attached hydrogens (tertiary/aromatic N) is 1. The molecule has 2 heteroatoms. The lowest BCUT2D eigenvalue weighted by Gasteiger charge is -2.28. The van der Waals surface area contributed by atoms with Gasteiger partial charge >= 0.3 is 0 Å². The highest BCUT2D eigenvalue weighted by molar-refractivity contribution is 5.82. The Morgan fingerprint density at radius 1 is 1.33 bits per heavy atom. The van der Waals surface area contributed by atoms with Crippen LogP contribution in [-0.2, 0) is 4.79 Å². The molecule has 0 saturated carbocycles. The maximum Gasteiger partial charge on any atom is 0.138 e. The monoisotopic (exact) mass is 169 g/mol. The molecule has 0 amide bonds. The molecular weight excluding hydrogens is 150 g/mol. The molecule has 1 aliphatic rings. The van der Waals surface area contributed by atoms with Crippen LogP contribution >= 0.6 is 0 Å². The summed E-state index contributed by atoms with van der Waals surface area (Å²) in [4.78, 5) is 13.9. The molecule has 0 aromatic heterocycles. The molecule has 0 aromatic carbocycles. The van der Waals surface area contributed by atoms with Gasteiger partial charge in [-0.3, -0.25) is 4.79 Å². The Balaban J connectivity index is 2.39. The van der Waals surface area contributed by atoms with E-state index in [4.69, 9.17) is 0 Å². The summed E-state index contributed by atoms with van der Waals surface area (Å²) in [6, 6.07) is 0. The second kappa shape index (κ2) is 4.04. The van der Waals surface area contributed by atoms with Gasteiger partial charge in [-0.05, 0) is 33.0 Å². The summed E-state index contributed by atoms with van der Waals surface area (Å²) in [5.41, 5.74) is 0. The first-order chi connectivity index (χ1) is 5.61. The van der Waals surface area contributed by atoms with Gasteiger partial charge in [0.25, 0.3) is 0 Å². The Morgan fingerprint density at radius 2 is 1.83 bits per heavy atom. The van der Waals surface area contributed by atoms with Crippen LogP contribution in [0.3, 0.4) is 0 Å². The number of carbonyl (C=O) groups is 1. The van der Waals surface area contributed by atoms with Gasteiger partial charge in [0.15, 0.2) is 0 Å². The molecule has 0 atom stereocenters. The minimum absolute atomic E-state index is 0.221. The molecule has 0 radical (unpaired) electrons. The van der Waals surface area contributed by atoms with E-state index in [9.17, 15) is 4.79 Å². The van der Waals surface area contributed by atoms with E-state index in [0.29, 0.717) is 11.7 Å². The topological polar surface area (TPSA) is 20.3 Å². The minimum Gasteiger partial charge on any atom is -0.306 e. The van der Waals surface area contributed by atoms with Gasteiger partial charge in [0.2, 0.25) is 0 Å². The third-order valence-electron chi connectivity index (χ3n) is 2.69. The summed E-state index contributed by atoms with van der Waals surface area (Å²) in [6.45, 7) is 6.17. The van der Waals surface area contributed by atoms with E-state index >= 15 is 0 Å². The van der Waals surface area contributed by atoms with E-state index in [0.717, 1.165) is 25.9 Å². The van der Waals surface area contributed by atoms with E-state index in [1.165, 1.54) is 0 Å². The van der Waals surface area contributed by atoms with Crippen LogP contribution in [0, 0.1) is 11.8 Å². The van der Waals surface area contributed by atoms with Crippen molar-refractivity contribution < 1.29 is 4.79 Å². The van der Waals surface area contributed by atoms with E-state index in [2.05, 4.69) is 11.9 Å². The van der Waals surface area contributed by atoms with Crippen LogP contribution < -0.4 is 0 Å². The molecule has 1 fully saturated rings. The van der Waals surface area contributed by atoms with Crippen molar-refractivity contribution in [3.63, 3.8) is 0 Å². The molecule has 1 heterocycles. The smallest absolute Gasteiger partial charge is 0.138 e. The summed E-state index contributed by atoms with van der Waals surface area (Å²) < 4.78 is 0. The Hall–Kier alpha value is -0.370. The predicted octanol–water partition coefficient (Wildman–Crippen LogP) is 1.55. The molecule has 70 valence electrons. The zero-order chi connectivity index (χ0) is 9.14. The first-order valence-electron chi connectivity index (χ1n) is 4.83. The number of ketones is 1. The van der Waals surface area contributed by atoms with Gasteiger partial charge in [-0.1, -0.05) is 13.8 Å². The standard InChI is InChI=1S/C10H19NO/c1-8(2)10(12)9-4-6-11(3)7-5-9/h8-9H,4-7H2,1-3H3. The molecule has 0 unspecified atom stereocenters. The highest BCUT2D eigenvalue weighted by Crippen LogP contribution is 2.19. The van der Waals surface area contributed by atoms with Gasteiger partial charge in [0, 0.05) is 11.8 Å². The molecule has 0 aromatic rings. The van der Waals surface area contributed by atoms with Crippen molar-refractivity contribution in [1.82, 2.24) is 4.90 Å². The second-order valence-electron chi connectivity index (χ2n) is 4.13. The van der Waals surface area contributed by atoms with E-state index in [1.54, 1.807) is 0 Å². The first kappa shape index (κ1) is 9.72. The summed E-state index contributed by atoms with van der Waals surface area (Å²) in [6.07, 6.45) is 2.13. The maximum atomic E-state index is 11.6. The number of likely N-dealkylation sites (tertiary alicyclic amines) is 1. The zero-order valence-electron chi connectivity index (χ0n) is 8.34. The third kappa shape index (κ3) is 2.31. The normalized spacial score (nSPS) is 21.7. The molecule has 2 nitrogen and oxygen atoms in total. The molecule has 1 rings (SSSR count). The average molecular weight is 169 g/mol. The first-order valence-corrected chi connectivity index (χ1v) is 4.83. The minimum atomic E-state index is 0.221. The van der Waals surface area contributed by atoms with Gasteiger partial charge in [0.05, 0.1) is 0 Å². The van der Waals surface area contributed by atoms with Crippen molar-refractivity contribution in [2.75, 3.05) is 20.1 Å². The van der Waals surface area contributed by atoms with Crippen LogP contribution in [0.4, 0.5) is 0 Å². The maximum absolute atomic E-state index is 11.6. The number of rotatable bonds is 2. The lowest BCUT2D eigenvalue weighted by molar-refractivity contribution is -0.127. The van der Waals surface area contributed by atoms with Crippen molar-refractivity contribution in [1.29, 1.82) is 0 Å². The quantitative estimate of drug-likeness (QED) is 0.625. The Labute approximate surface area is 74.9 Å². The van der Waals surface area contributed by atoms with Gasteiger partial charge in [-0.25, -0.2) is 0 Å². The van der Waals surface area contributed by atoms with Gasteiger partial charge in [-0.2, -0.15) is 0 Å². The number of piperidine rings is 1. The van der Waals surface area contributed by atoms with Crippen molar-refractivity contribution in [2.24, 2.45) is 11.8 Å². The molecule has 0 aliphatic carbocycles. The van der Waals surface area contributed by atoms with Crippen molar-refractivity contribution in [3.8, 4) is 0 Å². The number of carbonyl (C=O) groups excluding carboxylic acids is 1. The SMILES string of the molecule is CC(C)C(=O)C1CCN(C)CC1. The molecule has 0 N–H and O–H groups in total. The van der Waals surface area contributed by atoms with Gasteiger partial charge in [-0.15, -0.1) is 0 Å². The fourth-order valence-corrected chi connectivity index (χ4v) is 1.76. The van der Waals surface area contributed by atoms with Crippen LogP contribution in [0.2, 0.25) is 0 Å². The molecule has 12 heavy (non-hydrogen) atoms. The fraction of sp³-hybridized carbons (Fsp3) is 0.900. The molecule has 0 bridgehead atoms. The Bertz CT molecular complexity index is 157. The highest BCUT2D eigenvalue weighted by atomic mass is 16.1. The van der Waals surface area contributed by atoms with E-state index in [-0.39, 0.29) is 5.92 Å². The number of hydrogen-bond acceptors (Lipinski definition) is 2. The van der Waals surface area contributed by atoms with Crippen LogP contribution in [-0.4, -0.2) is 30.8 Å².